The number of para-hydroxylation sites is 1. The molecule has 0 radical (unpaired) electrons. The second kappa shape index (κ2) is 46.1. The number of halogens is 1. The Morgan fingerprint density at radius 3 is 1.05 bits per heavy atom. The molecule has 2 amide bonds. The maximum atomic E-state index is 12.8. The summed E-state index contributed by atoms with van der Waals surface area (Å²) in [5.41, 5.74) is 7.14. The van der Waals surface area contributed by atoms with Crippen LogP contribution in [0.4, 0.5) is 10.5 Å². The number of aryl methyl sites for hydroxylation is 3. The van der Waals surface area contributed by atoms with E-state index in [0.717, 1.165) is 71.9 Å². The number of sulfonamides is 7. The zero-order chi connectivity index (χ0) is 109. The Morgan fingerprint density at radius 2 is 0.691 bits per heavy atom. The fourth-order valence-electron chi connectivity index (χ4n) is 16.0. The van der Waals surface area contributed by atoms with Crippen LogP contribution < -0.4 is 45.6 Å². The van der Waals surface area contributed by atoms with Crippen LogP contribution in [0.3, 0.4) is 0 Å². The first-order chi connectivity index (χ1) is 69.9. The lowest BCUT2D eigenvalue weighted by Gasteiger charge is -2.17. The fourth-order valence-corrected chi connectivity index (χ4v) is 21.8. The van der Waals surface area contributed by atoms with E-state index in [1.54, 1.807) is 79.1 Å². The summed E-state index contributed by atoms with van der Waals surface area (Å²) < 4.78 is 170. The Balaban J connectivity index is 0.000000159. The maximum absolute atomic E-state index is 12.8. The number of hydrogen-bond acceptors (Lipinski definition) is 29. The van der Waals surface area contributed by atoms with Gasteiger partial charge >= 0.3 is 6.09 Å². The number of nitrogens with zero attached hydrogens (tertiary/aromatic N) is 1. The number of hydrogen-bond donors (Lipinski definition) is 9. The van der Waals surface area contributed by atoms with Gasteiger partial charge in [0.25, 0.3) is 10.0 Å². The molecule has 11 aromatic carbocycles. The van der Waals surface area contributed by atoms with Crippen LogP contribution >= 0.6 is 11.6 Å². The molecule has 0 spiro atoms. The number of carbonyl (C=O) groups excluding carboxylic acids is 12. The number of phenolic OH excluding ortho intramolecular Hbond substituents is 1. The zero-order valence-electron chi connectivity index (χ0n) is 78.7. The lowest BCUT2D eigenvalue weighted by atomic mass is 9.86. The summed E-state index contributed by atoms with van der Waals surface area (Å²) in [7, 11) is -28.5. The minimum atomic E-state index is -4.19. The second-order valence-electron chi connectivity index (χ2n) is 33.7. The monoisotopic (exact) mass is 2170 g/mol. The van der Waals surface area contributed by atoms with E-state index in [2.05, 4.69) is 10.3 Å². The SMILES string of the molecule is CC(=O)NS(=O)(=O)c1ccc(CC2=CC(=O)c3c(cccc3S(N)(=O)=O)C2=O)cc1.CCCc1cc(O)cc(CC2=CC(=O)c3c(cccc3S(N)(=O)=O)C2=O)c1.Cc1ccc(CC2=CC(=O)c3c(cccc3S(N)(=O)=O)C2=O)c(Cl)c1.Cc1ccc(OC(=O)Nc2ccccc2S(N)(=O)=O)cc1.NS(=O)(=O)c1cccc2c1C(=O)C=C(Cc1ccccc1)C2=O.NS(=O)(=O)c1cccc2c1C(=O)C=C(Cc1cccnc1)C2=O. The van der Waals surface area contributed by atoms with E-state index in [4.69, 9.17) is 47.2 Å². The number of anilines is 1. The standard InChI is InChI=1S/C20H19NO5S.C19H16N2O7S2.C18H14ClNO4S.C17H13NO4S.C16H12N2O4S.C14H14N2O4S/c1-2-4-12-7-13(10-15(22)9-12)8-14-11-17(23)19-16(20(14)24)5-3-6-18(19)27(21,25)26;1-11(22)21-30(27,28)14-7-5-12(6-8-14)9-13-10-16(23)18-15(19(13)24)3-2-4-17(18)29(20,25)26;1-10-5-6-11(14(19)7-10)8-12-9-15(21)17-13(18(12)22)3-2-4-16(17)25(20,23)24;18-23(21,22)15-8-4-7-13-16(15)14(19)10-12(17(13)20)9-11-5-2-1-3-6-11;17-23(21,22)14-5-1-4-12-15(14)13(19)8-11(16(12)20)7-10-3-2-6-18-9-10;1-10-6-8-11(9-7-10)20-14(17)16-12-4-2-3-5-13(12)21(15,18)19/h3,5-7,9-11,22H,2,4,8H2,1H3,(H2,21,25,26);2-8,10H,9H2,1H3,(H,21,22)(H2,20,25,26);2-7,9H,8H2,1H3,(H2,20,23,24);1-8,10H,9H2,(H2,18,21,22);1-6,8-9H,7H2,(H2,17,21,22);2-9H,1H3,(H,16,17)(H2,15,18,19). The van der Waals surface area contributed by atoms with E-state index in [0.29, 0.717) is 45.0 Å². The minimum absolute atomic E-state index is 0.0179. The number of allylic oxidation sites excluding steroid dienone is 10. The van der Waals surface area contributed by atoms with Crippen LogP contribution in [0.25, 0.3) is 0 Å². The molecule has 766 valence electrons. The molecule has 0 aliphatic heterocycles. The molecule has 45 heteroatoms. The topological polar surface area (TPSA) is 666 Å². The molecule has 0 atom stereocenters. The van der Waals surface area contributed by atoms with Crippen molar-refractivity contribution in [2.45, 2.75) is 107 Å². The van der Waals surface area contributed by atoms with Crippen molar-refractivity contribution in [1.29, 1.82) is 0 Å². The number of benzene rings is 11. The third kappa shape index (κ3) is 27.8. The maximum Gasteiger partial charge on any atom is 0.417 e. The summed E-state index contributed by atoms with van der Waals surface area (Å²) >= 11 is 6.20. The van der Waals surface area contributed by atoms with Crippen LogP contribution in [0.2, 0.25) is 5.02 Å². The molecule has 5 aliphatic rings. The number of nitrogens with two attached hydrogens (primary N) is 6. The smallest absolute Gasteiger partial charge is 0.417 e. The summed E-state index contributed by atoms with van der Waals surface area (Å²) in [6, 6.07) is 61.5. The third-order valence-corrected chi connectivity index (χ3v) is 30.1. The van der Waals surface area contributed by atoms with E-state index in [1.165, 1.54) is 140 Å². The molecule has 37 nitrogen and oxygen atoms in total. The van der Waals surface area contributed by atoms with Gasteiger partial charge in [-0.05, 0) is 181 Å². The molecule has 0 unspecified atom stereocenters. The van der Waals surface area contributed by atoms with Crippen molar-refractivity contribution in [3.8, 4) is 11.5 Å². The van der Waals surface area contributed by atoms with Gasteiger partial charge < -0.3 is 9.84 Å². The molecule has 5 aliphatic carbocycles. The summed E-state index contributed by atoms with van der Waals surface area (Å²) in [4.78, 5) is 150. The zero-order valence-corrected chi connectivity index (χ0v) is 85.2. The van der Waals surface area contributed by atoms with Crippen LogP contribution in [-0.2, 0) is 113 Å². The van der Waals surface area contributed by atoms with Gasteiger partial charge in [0.2, 0.25) is 66.0 Å². The number of aromatic hydroxyl groups is 1. The van der Waals surface area contributed by atoms with Crippen LogP contribution in [0.15, 0.2) is 348 Å². The highest BCUT2D eigenvalue weighted by Gasteiger charge is 2.38. The average Bonchev–Trinajstić information content (AvgIpc) is 0.777. The van der Waals surface area contributed by atoms with Crippen molar-refractivity contribution >= 4 is 157 Å². The minimum Gasteiger partial charge on any atom is -0.508 e. The van der Waals surface area contributed by atoms with E-state index >= 15 is 0 Å². The van der Waals surface area contributed by atoms with Crippen molar-refractivity contribution in [3.63, 3.8) is 0 Å². The van der Waals surface area contributed by atoms with Crippen molar-refractivity contribution in [2.75, 3.05) is 5.32 Å². The second-order valence-corrected chi connectivity index (χ2v) is 45.0. The average molecular weight is 2170 g/mol. The molecule has 12 aromatic rings. The van der Waals surface area contributed by atoms with Gasteiger partial charge in [0.05, 0.1) is 62.9 Å². The lowest BCUT2D eigenvalue weighted by Crippen LogP contribution is -2.28. The highest BCUT2D eigenvalue weighted by atomic mass is 35.5. The molecule has 0 bridgehead atoms. The normalized spacial score (nSPS) is 13.8. The van der Waals surface area contributed by atoms with Gasteiger partial charge in [-0.2, -0.15) is 0 Å². The Hall–Kier alpha value is -15.8. The van der Waals surface area contributed by atoms with E-state index < -0.39 is 133 Å². The first-order valence-corrected chi connectivity index (χ1v) is 55.1. The number of fused-ring (bicyclic) bond motifs is 5. The molecule has 15 N–H and O–H groups in total. The first-order valence-electron chi connectivity index (χ1n) is 44.0. The number of rotatable bonds is 22. The van der Waals surface area contributed by atoms with Crippen molar-refractivity contribution in [2.24, 2.45) is 30.8 Å². The molecule has 0 saturated heterocycles. The number of ether oxygens (including phenoxy) is 1. The van der Waals surface area contributed by atoms with Gasteiger partial charge in [-0.1, -0.05) is 182 Å². The van der Waals surface area contributed by atoms with Gasteiger partial charge in [-0.15, -0.1) is 0 Å². The molecular formula is C104H88ClN9O28S7. The quantitative estimate of drug-likeness (QED) is 0.0304. The number of ketones is 10. The Morgan fingerprint density at radius 1 is 0.356 bits per heavy atom. The fraction of sp³-hybridized carbons (Fsp3) is 0.106. The number of carbonyl (C=O) groups is 12. The molecule has 149 heavy (non-hydrogen) atoms. The van der Waals surface area contributed by atoms with Crippen molar-refractivity contribution in [3.05, 3.63) is 418 Å². The Bertz CT molecular complexity index is 8540. The third-order valence-electron chi connectivity index (χ3n) is 22.6. The highest BCUT2D eigenvalue weighted by Crippen LogP contribution is 2.37. The Kier molecular flexibility index (Phi) is 34.6. The number of nitrogens with one attached hydrogen (secondary N) is 2. The van der Waals surface area contributed by atoms with E-state index in [-0.39, 0.29) is 150 Å². The number of Topliss-reactive ketones (excluding diaryl/α,β-unsaturated/α-hetero) is 5. The number of phenols is 1. The van der Waals surface area contributed by atoms with Crippen molar-refractivity contribution in [1.82, 2.24) is 9.71 Å². The number of amides is 2. The summed E-state index contributed by atoms with van der Waals surface area (Å²) in [5, 5.41) is 43.6. The summed E-state index contributed by atoms with van der Waals surface area (Å²) in [5.74, 6) is -5.20. The molecule has 17 rings (SSSR count). The van der Waals surface area contributed by atoms with Crippen LogP contribution in [-0.4, -0.2) is 139 Å². The predicted molar refractivity (Wildman–Crippen MR) is 546 cm³/mol. The Labute approximate surface area is 859 Å². The number of pyridine rings is 1. The first kappa shape index (κ1) is 112. The predicted octanol–water partition coefficient (Wildman–Crippen LogP) is 11.5. The largest absolute Gasteiger partial charge is 0.508 e. The number of aromatic nitrogens is 1. The van der Waals surface area contributed by atoms with Gasteiger partial charge in [0.15, 0.2) is 57.8 Å². The van der Waals surface area contributed by atoms with Crippen LogP contribution in [0, 0.1) is 13.8 Å². The molecular weight excluding hydrogens is 2080 g/mol. The molecule has 1 heterocycles. The molecule has 1 aromatic heterocycles. The lowest BCUT2D eigenvalue weighted by molar-refractivity contribution is -0.117. The van der Waals surface area contributed by atoms with Crippen molar-refractivity contribution < 1.29 is 126 Å². The van der Waals surface area contributed by atoms with Crippen LogP contribution in [0.1, 0.15) is 168 Å². The van der Waals surface area contributed by atoms with E-state index in [9.17, 15) is 122 Å². The van der Waals surface area contributed by atoms with Gasteiger partial charge in [0.1, 0.15) is 16.4 Å². The molecule has 0 fully saturated rings. The molecule has 0 saturated carbocycles. The summed E-state index contributed by atoms with van der Waals surface area (Å²) in [6.07, 6.45) is 10.8. The van der Waals surface area contributed by atoms with Gasteiger partial charge in [0, 0.05) is 112 Å². The van der Waals surface area contributed by atoms with Gasteiger partial charge in [-0.3, -0.25) is 63.0 Å². The highest BCUT2D eigenvalue weighted by molar-refractivity contribution is 7.91. The van der Waals surface area contributed by atoms with E-state index in [1.807, 2.05) is 68.0 Å². The number of primary sulfonamides is 6. The van der Waals surface area contributed by atoms with Crippen LogP contribution in [0.5, 0.6) is 11.5 Å². The summed E-state index contributed by atoms with van der Waals surface area (Å²) in [6.45, 7) is 6.90. The van der Waals surface area contributed by atoms with Gasteiger partial charge in [-0.25, -0.2) is 99.3 Å².